The molecule has 0 amide bonds. The van der Waals surface area contributed by atoms with Crippen molar-refractivity contribution in [1.82, 2.24) is 9.80 Å². The van der Waals surface area contributed by atoms with Gasteiger partial charge in [0.05, 0.1) is 0 Å². The molecule has 1 saturated heterocycles. The third kappa shape index (κ3) is 3.11. The van der Waals surface area contributed by atoms with Crippen LogP contribution in [0.5, 0.6) is 0 Å². The second-order valence-corrected chi connectivity index (χ2v) is 5.27. The minimum Gasteiger partial charge on any atom is -0.329 e. The third-order valence-corrected chi connectivity index (χ3v) is 3.83. The van der Waals surface area contributed by atoms with Crippen LogP contribution in [-0.2, 0) is 0 Å². The van der Waals surface area contributed by atoms with Gasteiger partial charge >= 0.3 is 0 Å². The van der Waals surface area contributed by atoms with Gasteiger partial charge in [0.15, 0.2) is 11.6 Å². The van der Waals surface area contributed by atoms with Gasteiger partial charge in [0.2, 0.25) is 0 Å². The fourth-order valence-electron chi connectivity index (χ4n) is 2.80. The summed E-state index contributed by atoms with van der Waals surface area (Å²) in [7, 11) is 2.09. The molecule has 1 fully saturated rings. The predicted molar refractivity (Wildman–Crippen MR) is 71.8 cm³/mol. The van der Waals surface area contributed by atoms with Crippen LogP contribution < -0.4 is 5.73 Å². The van der Waals surface area contributed by atoms with Crippen LogP contribution in [0, 0.1) is 11.6 Å². The maximum absolute atomic E-state index is 13.4. The maximum atomic E-state index is 13.4. The van der Waals surface area contributed by atoms with E-state index < -0.39 is 11.6 Å². The summed E-state index contributed by atoms with van der Waals surface area (Å²) in [6.07, 6.45) is 0. The number of piperazine rings is 1. The number of likely N-dealkylation sites (N-methyl/N-ethyl adjacent to an activating group) is 1. The largest absolute Gasteiger partial charge is 0.329 e. The average molecular weight is 269 g/mol. The summed E-state index contributed by atoms with van der Waals surface area (Å²) in [5.41, 5.74) is 6.60. The minimum absolute atomic E-state index is 0.0567. The van der Waals surface area contributed by atoms with E-state index in [1.807, 2.05) is 0 Å². The standard InChI is InChI=1S/C14H21F2N3/c1-10-9-18(2)5-6-19(10)14(8-17)11-3-4-12(15)13(16)7-11/h3-4,7,10,14H,5-6,8-9,17H2,1-2H3. The molecule has 0 saturated carbocycles. The molecule has 1 aliphatic heterocycles. The molecule has 2 N–H and O–H groups in total. The molecular formula is C14H21F2N3. The molecule has 1 heterocycles. The Labute approximate surface area is 113 Å². The van der Waals surface area contributed by atoms with E-state index in [2.05, 4.69) is 23.8 Å². The fraction of sp³-hybridized carbons (Fsp3) is 0.571. The Kier molecular flexibility index (Phi) is 4.50. The molecular weight excluding hydrogens is 248 g/mol. The van der Waals surface area contributed by atoms with Crippen molar-refractivity contribution in [2.24, 2.45) is 5.73 Å². The summed E-state index contributed by atoms with van der Waals surface area (Å²) in [4.78, 5) is 4.53. The van der Waals surface area contributed by atoms with E-state index in [0.717, 1.165) is 25.2 Å². The van der Waals surface area contributed by atoms with Crippen molar-refractivity contribution in [3.63, 3.8) is 0 Å². The average Bonchev–Trinajstić information content (AvgIpc) is 2.37. The third-order valence-electron chi connectivity index (χ3n) is 3.83. The molecule has 5 heteroatoms. The van der Waals surface area contributed by atoms with E-state index in [9.17, 15) is 8.78 Å². The molecule has 1 aromatic carbocycles. The van der Waals surface area contributed by atoms with Crippen molar-refractivity contribution in [1.29, 1.82) is 0 Å². The molecule has 2 unspecified atom stereocenters. The van der Waals surface area contributed by atoms with E-state index >= 15 is 0 Å². The summed E-state index contributed by atoms with van der Waals surface area (Å²) >= 11 is 0. The first-order valence-electron chi connectivity index (χ1n) is 6.62. The van der Waals surface area contributed by atoms with Crippen LogP contribution in [-0.4, -0.2) is 49.1 Å². The number of hydrogen-bond donors (Lipinski definition) is 1. The summed E-state index contributed by atoms with van der Waals surface area (Å²) in [5, 5.41) is 0. The zero-order valence-electron chi connectivity index (χ0n) is 11.4. The smallest absolute Gasteiger partial charge is 0.159 e. The summed E-state index contributed by atoms with van der Waals surface area (Å²) in [6.45, 7) is 5.35. The first-order chi connectivity index (χ1) is 9.02. The molecule has 2 atom stereocenters. The lowest BCUT2D eigenvalue weighted by molar-refractivity contribution is 0.0634. The fourth-order valence-corrected chi connectivity index (χ4v) is 2.80. The first-order valence-corrected chi connectivity index (χ1v) is 6.62. The van der Waals surface area contributed by atoms with Crippen molar-refractivity contribution in [2.45, 2.75) is 19.0 Å². The highest BCUT2D eigenvalue weighted by Gasteiger charge is 2.28. The summed E-state index contributed by atoms with van der Waals surface area (Å²) < 4.78 is 26.4. The van der Waals surface area contributed by atoms with E-state index in [1.165, 1.54) is 12.1 Å². The van der Waals surface area contributed by atoms with Crippen LogP contribution in [0.15, 0.2) is 18.2 Å². The number of hydrogen-bond acceptors (Lipinski definition) is 3. The van der Waals surface area contributed by atoms with Gasteiger partial charge in [-0.3, -0.25) is 4.90 Å². The lowest BCUT2D eigenvalue weighted by Crippen LogP contribution is -2.52. The van der Waals surface area contributed by atoms with Crippen molar-refractivity contribution in [3.05, 3.63) is 35.4 Å². The van der Waals surface area contributed by atoms with Crippen molar-refractivity contribution in [3.8, 4) is 0 Å². The molecule has 3 nitrogen and oxygen atoms in total. The molecule has 0 radical (unpaired) electrons. The number of halogens is 2. The van der Waals surface area contributed by atoms with Crippen LogP contribution in [0.25, 0.3) is 0 Å². The van der Waals surface area contributed by atoms with E-state index in [-0.39, 0.29) is 6.04 Å². The Hall–Kier alpha value is -1.04. The van der Waals surface area contributed by atoms with Gasteiger partial charge in [0.25, 0.3) is 0 Å². The van der Waals surface area contributed by atoms with Gasteiger partial charge in [-0.25, -0.2) is 8.78 Å². The lowest BCUT2D eigenvalue weighted by atomic mass is 10.0. The van der Waals surface area contributed by atoms with Crippen LogP contribution in [0.2, 0.25) is 0 Å². The van der Waals surface area contributed by atoms with E-state index in [0.29, 0.717) is 12.6 Å². The molecule has 0 aromatic heterocycles. The molecule has 1 aromatic rings. The zero-order chi connectivity index (χ0) is 14.0. The highest BCUT2D eigenvalue weighted by Crippen LogP contribution is 2.25. The highest BCUT2D eigenvalue weighted by atomic mass is 19.2. The topological polar surface area (TPSA) is 32.5 Å². The Morgan fingerprint density at radius 1 is 1.32 bits per heavy atom. The Bertz CT molecular complexity index is 439. The summed E-state index contributed by atoms with van der Waals surface area (Å²) in [6, 6.07) is 4.35. The van der Waals surface area contributed by atoms with Gasteiger partial charge in [-0.05, 0) is 31.7 Å². The van der Waals surface area contributed by atoms with Crippen LogP contribution >= 0.6 is 0 Å². The van der Waals surface area contributed by atoms with Gasteiger partial charge in [-0.2, -0.15) is 0 Å². The number of nitrogens with two attached hydrogens (primary N) is 1. The number of rotatable bonds is 3. The molecule has 2 rings (SSSR count). The Morgan fingerprint density at radius 2 is 2.05 bits per heavy atom. The first kappa shape index (κ1) is 14.4. The van der Waals surface area contributed by atoms with E-state index in [1.54, 1.807) is 6.07 Å². The van der Waals surface area contributed by atoms with Crippen molar-refractivity contribution in [2.75, 3.05) is 33.2 Å². The quantitative estimate of drug-likeness (QED) is 0.904. The zero-order valence-corrected chi connectivity index (χ0v) is 11.4. The van der Waals surface area contributed by atoms with Crippen LogP contribution in [0.4, 0.5) is 8.78 Å². The maximum Gasteiger partial charge on any atom is 0.159 e. The van der Waals surface area contributed by atoms with Gasteiger partial charge in [-0.15, -0.1) is 0 Å². The lowest BCUT2D eigenvalue weighted by Gasteiger charge is -2.42. The normalized spacial score (nSPS) is 23.5. The van der Waals surface area contributed by atoms with Gasteiger partial charge in [0.1, 0.15) is 0 Å². The summed E-state index contributed by atoms with van der Waals surface area (Å²) in [5.74, 6) is -1.62. The van der Waals surface area contributed by atoms with Crippen LogP contribution in [0.3, 0.4) is 0 Å². The predicted octanol–water partition coefficient (Wildman–Crippen LogP) is 1.60. The number of benzene rings is 1. The molecule has 0 spiro atoms. The van der Waals surface area contributed by atoms with Gasteiger partial charge in [-0.1, -0.05) is 6.07 Å². The number of nitrogens with zero attached hydrogens (tertiary/aromatic N) is 2. The van der Waals surface area contributed by atoms with Crippen molar-refractivity contribution < 1.29 is 8.78 Å². The molecule has 1 aliphatic rings. The molecule has 19 heavy (non-hydrogen) atoms. The molecule has 0 bridgehead atoms. The molecule has 106 valence electrons. The van der Waals surface area contributed by atoms with Gasteiger partial charge < -0.3 is 10.6 Å². The Morgan fingerprint density at radius 3 is 2.63 bits per heavy atom. The molecule has 0 aliphatic carbocycles. The van der Waals surface area contributed by atoms with Crippen molar-refractivity contribution >= 4 is 0 Å². The highest BCUT2D eigenvalue weighted by molar-refractivity contribution is 5.22. The second kappa shape index (κ2) is 5.94. The SMILES string of the molecule is CC1CN(C)CCN1C(CN)c1ccc(F)c(F)c1. The van der Waals surface area contributed by atoms with E-state index in [4.69, 9.17) is 5.73 Å². The minimum atomic E-state index is -0.814. The van der Waals surface area contributed by atoms with Crippen LogP contribution in [0.1, 0.15) is 18.5 Å². The Balaban J connectivity index is 2.21. The second-order valence-electron chi connectivity index (χ2n) is 5.27. The monoisotopic (exact) mass is 269 g/mol. The van der Waals surface area contributed by atoms with Gasteiger partial charge in [0, 0.05) is 38.3 Å².